The van der Waals surface area contributed by atoms with E-state index in [4.69, 9.17) is 22.6 Å². The molecule has 96 valence electrons. The van der Waals surface area contributed by atoms with Gasteiger partial charge in [0, 0.05) is 7.05 Å². The van der Waals surface area contributed by atoms with Crippen molar-refractivity contribution in [2.45, 2.75) is 0 Å². The van der Waals surface area contributed by atoms with Crippen LogP contribution in [-0.2, 0) is 7.05 Å². The molecule has 0 fully saturated rings. The number of carbonyl (C=O) groups is 1. The van der Waals surface area contributed by atoms with Crippen molar-refractivity contribution in [3.05, 3.63) is 40.7 Å². The van der Waals surface area contributed by atoms with E-state index in [1.807, 2.05) is 6.07 Å². The number of nitrogens with two attached hydrogens (primary N) is 1. The Morgan fingerprint density at radius 1 is 1.58 bits per heavy atom. The number of amides is 1. The molecule has 19 heavy (non-hydrogen) atoms. The smallest absolute Gasteiger partial charge is 0.276 e. The molecule has 0 aliphatic rings. The molecule has 0 aliphatic carbocycles. The van der Waals surface area contributed by atoms with Crippen molar-refractivity contribution in [1.82, 2.24) is 9.78 Å². The summed E-state index contributed by atoms with van der Waals surface area (Å²) in [5.41, 5.74) is 6.92. The largest absolute Gasteiger partial charge is 0.396 e. The molecule has 1 amide bonds. The van der Waals surface area contributed by atoms with E-state index >= 15 is 0 Å². The van der Waals surface area contributed by atoms with E-state index in [0.29, 0.717) is 16.3 Å². The average Bonchev–Trinajstić information content (AvgIpc) is 2.71. The summed E-state index contributed by atoms with van der Waals surface area (Å²) in [4.78, 5) is 12.1. The molecule has 1 aromatic carbocycles. The van der Waals surface area contributed by atoms with E-state index in [1.165, 1.54) is 16.9 Å². The Morgan fingerprint density at radius 2 is 2.32 bits per heavy atom. The monoisotopic (exact) mass is 275 g/mol. The minimum atomic E-state index is -0.436. The normalized spacial score (nSPS) is 9.95. The molecule has 3 N–H and O–H groups in total. The van der Waals surface area contributed by atoms with Gasteiger partial charge >= 0.3 is 0 Å². The number of nitrogens with zero attached hydrogens (tertiary/aromatic N) is 3. The fourth-order valence-corrected chi connectivity index (χ4v) is 1.77. The molecule has 2 aromatic rings. The Bertz CT molecular complexity index is 666. The van der Waals surface area contributed by atoms with E-state index in [0.717, 1.165) is 0 Å². The van der Waals surface area contributed by atoms with Crippen molar-refractivity contribution >= 4 is 28.9 Å². The fourth-order valence-electron chi connectivity index (χ4n) is 1.60. The minimum Gasteiger partial charge on any atom is -0.396 e. The van der Waals surface area contributed by atoms with Gasteiger partial charge in [0.25, 0.3) is 5.91 Å². The van der Waals surface area contributed by atoms with Gasteiger partial charge in [-0.3, -0.25) is 9.48 Å². The standard InChI is InChI=1S/C12H10ClN5O/c1-18-11(9(15)6-16-18)12(19)17-10-4-7(5-14)2-3-8(10)13/h2-4,6H,15H2,1H3,(H,17,19). The highest BCUT2D eigenvalue weighted by molar-refractivity contribution is 6.34. The van der Waals surface area contributed by atoms with Crippen LogP contribution in [0.5, 0.6) is 0 Å². The van der Waals surface area contributed by atoms with Gasteiger partial charge in [0.05, 0.1) is 34.2 Å². The number of nitrogen functional groups attached to an aromatic ring is 1. The molecule has 0 spiro atoms. The van der Waals surface area contributed by atoms with Crippen molar-refractivity contribution in [1.29, 1.82) is 5.26 Å². The molecule has 0 unspecified atom stereocenters. The fraction of sp³-hybridized carbons (Fsp3) is 0.0833. The van der Waals surface area contributed by atoms with Crippen molar-refractivity contribution < 1.29 is 4.79 Å². The summed E-state index contributed by atoms with van der Waals surface area (Å²) in [6.45, 7) is 0. The van der Waals surface area contributed by atoms with E-state index in [2.05, 4.69) is 10.4 Å². The first kappa shape index (κ1) is 12.9. The van der Waals surface area contributed by atoms with Gasteiger partial charge in [0.15, 0.2) is 0 Å². The van der Waals surface area contributed by atoms with Crippen LogP contribution in [-0.4, -0.2) is 15.7 Å². The van der Waals surface area contributed by atoms with Gasteiger partial charge in [0.1, 0.15) is 5.69 Å². The van der Waals surface area contributed by atoms with Gasteiger partial charge in [-0.15, -0.1) is 0 Å². The summed E-state index contributed by atoms with van der Waals surface area (Å²) in [6, 6.07) is 6.58. The van der Waals surface area contributed by atoms with Gasteiger partial charge in [-0.25, -0.2) is 0 Å². The van der Waals surface area contributed by atoms with Crippen molar-refractivity contribution in [3.63, 3.8) is 0 Å². The molecule has 0 aliphatic heterocycles. The number of benzene rings is 1. The van der Waals surface area contributed by atoms with Crippen LogP contribution in [0.1, 0.15) is 16.1 Å². The zero-order valence-electron chi connectivity index (χ0n) is 10.0. The van der Waals surface area contributed by atoms with E-state index < -0.39 is 5.91 Å². The highest BCUT2D eigenvalue weighted by atomic mass is 35.5. The molecule has 7 heteroatoms. The number of anilines is 2. The highest BCUT2D eigenvalue weighted by Gasteiger charge is 2.16. The molecule has 6 nitrogen and oxygen atoms in total. The second-order valence-corrected chi connectivity index (χ2v) is 4.24. The van der Waals surface area contributed by atoms with E-state index in [9.17, 15) is 4.79 Å². The van der Waals surface area contributed by atoms with Gasteiger partial charge in [-0.1, -0.05) is 11.6 Å². The Morgan fingerprint density at radius 3 is 2.89 bits per heavy atom. The Labute approximate surface area is 114 Å². The van der Waals surface area contributed by atoms with Gasteiger partial charge in [0.2, 0.25) is 0 Å². The van der Waals surface area contributed by atoms with Gasteiger partial charge < -0.3 is 11.1 Å². The van der Waals surface area contributed by atoms with Gasteiger partial charge in [-0.05, 0) is 18.2 Å². The number of nitrogens with one attached hydrogen (secondary N) is 1. The third kappa shape index (κ3) is 2.51. The number of aromatic nitrogens is 2. The van der Waals surface area contributed by atoms with Crippen molar-refractivity contribution in [3.8, 4) is 6.07 Å². The summed E-state index contributed by atoms with van der Waals surface area (Å²) < 4.78 is 1.37. The second-order valence-electron chi connectivity index (χ2n) is 3.83. The van der Waals surface area contributed by atoms with Crippen LogP contribution in [0.2, 0.25) is 5.02 Å². The molecule has 1 heterocycles. The number of nitriles is 1. The lowest BCUT2D eigenvalue weighted by Gasteiger charge is -2.08. The van der Waals surface area contributed by atoms with Crippen LogP contribution < -0.4 is 11.1 Å². The molecule has 1 aromatic heterocycles. The minimum absolute atomic E-state index is 0.235. The number of halogens is 1. The van der Waals surface area contributed by atoms with Crippen LogP contribution in [0.25, 0.3) is 0 Å². The first-order valence-electron chi connectivity index (χ1n) is 5.31. The topological polar surface area (TPSA) is 96.7 Å². The first-order chi connectivity index (χ1) is 9.02. The molecule has 0 radical (unpaired) electrons. The Hall–Kier alpha value is -2.52. The summed E-state index contributed by atoms with van der Waals surface area (Å²) in [5.74, 6) is -0.436. The Kier molecular flexibility index (Phi) is 3.40. The third-order valence-corrected chi connectivity index (χ3v) is 2.86. The molecule has 0 bridgehead atoms. The Balaban J connectivity index is 2.32. The summed E-state index contributed by atoms with van der Waals surface area (Å²) in [6.07, 6.45) is 1.39. The number of hydrogen-bond donors (Lipinski definition) is 2. The number of carbonyl (C=O) groups excluding carboxylic acids is 1. The van der Waals surface area contributed by atoms with Crippen molar-refractivity contribution in [2.24, 2.45) is 7.05 Å². The quantitative estimate of drug-likeness (QED) is 0.873. The lowest BCUT2D eigenvalue weighted by atomic mass is 10.2. The highest BCUT2D eigenvalue weighted by Crippen LogP contribution is 2.24. The zero-order valence-corrected chi connectivity index (χ0v) is 10.8. The van der Waals surface area contributed by atoms with Crippen LogP contribution in [0, 0.1) is 11.3 Å². The summed E-state index contributed by atoms with van der Waals surface area (Å²) >= 11 is 5.96. The molecule has 0 atom stereocenters. The maximum atomic E-state index is 12.1. The molecular weight excluding hydrogens is 266 g/mol. The third-order valence-electron chi connectivity index (χ3n) is 2.53. The van der Waals surface area contributed by atoms with Crippen molar-refractivity contribution in [2.75, 3.05) is 11.1 Å². The molecule has 2 rings (SSSR count). The van der Waals surface area contributed by atoms with Crippen LogP contribution in [0.4, 0.5) is 11.4 Å². The predicted octanol–water partition coefficient (Wildman–Crippen LogP) is 1.78. The lowest BCUT2D eigenvalue weighted by Crippen LogP contribution is -2.18. The molecular formula is C12H10ClN5O. The zero-order chi connectivity index (χ0) is 14.0. The van der Waals surface area contributed by atoms with Crippen LogP contribution in [0.3, 0.4) is 0 Å². The number of hydrogen-bond acceptors (Lipinski definition) is 4. The van der Waals surface area contributed by atoms with E-state index in [1.54, 1.807) is 19.2 Å². The molecule has 0 saturated heterocycles. The SMILES string of the molecule is Cn1ncc(N)c1C(=O)Nc1cc(C#N)ccc1Cl. The van der Waals surface area contributed by atoms with E-state index in [-0.39, 0.29) is 11.4 Å². The number of rotatable bonds is 2. The maximum Gasteiger partial charge on any atom is 0.276 e. The molecule has 0 saturated carbocycles. The lowest BCUT2D eigenvalue weighted by molar-refractivity contribution is 0.101. The summed E-state index contributed by atoms with van der Waals surface area (Å²) in [7, 11) is 1.61. The van der Waals surface area contributed by atoms with Crippen LogP contribution >= 0.6 is 11.6 Å². The maximum absolute atomic E-state index is 12.1. The number of aryl methyl sites for hydroxylation is 1. The van der Waals surface area contributed by atoms with Gasteiger partial charge in [-0.2, -0.15) is 10.4 Å². The average molecular weight is 276 g/mol. The predicted molar refractivity (Wildman–Crippen MR) is 71.7 cm³/mol. The second kappa shape index (κ2) is 5.00. The van der Waals surface area contributed by atoms with Crippen LogP contribution in [0.15, 0.2) is 24.4 Å². The summed E-state index contributed by atoms with van der Waals surface area (Å²) in [5, 5.41) is 15.6. The first-order valence-corrected chi connectivity index (χ1v) is 5.69.